The molecule has 8 aromatic rings. The van der Waals surface area contributed by atoms with Gasteiger partial charge in [-0.05, 0) is 78.6 Å². The lowest BCUT2D eigenvalue weighted by Crippen LogP contribution is -2.08. The zero-order valence-electron chi connectivity index (χ0n) is 26.2. The monoisotopic (exact) mass is 575 g/mol. The molecular weight excluding hydrogens is 538 g/mol. The Morgan fingerprint density at radius 2 is 1.39 bits per heavy atom. The van der Waals surface area contributed by atoms with Gasteiger partial charge in [0.2, 0.25) is 0 Å². The number of rotatable bonds is 5. The molecule has 4 heteroatoms. The normalized spacial score (nSPS) is 12.5. The highest BCUT2D eigenvalue weighted by molar-refractivity contribution is 6.17. The van der Waals surface area contributed by atoms with E-state index in [-0.39, 0.29) is 0 Å². The third-order valence-corrected chi connectivity index (χ3v) is 9.24. The van der Waals surface area contributed by atoms with E-state index in [4.69, 9.17) is 9.40 Å². The van der Waals surface area contributed by atoms with Crippen molar-refractivity contribution in [1.29, 1.82) is 0 Å². The van der Waals surface area contributed by atoms with Crippen LogP contribution >= 0.6 is 0 Å². The predicted octanol–water partition coefficient (Wildman–Crippen LogP) is 11.5. The molecule has 0 aliphatic carbocycles. The van der Waals surface area contributed by atoms with Crippen LogP contribution in [0.3, 0.4) is 0 Å². The van der Waals surface area contributed by atoms with E-state index in [1.807, 2.05) is 0 Å². The molecule has 4 nitrogen and oxygen atoms in total. The lowest BCUT2D eigenvalue weighted by molar-refractivity contribution is 0.624. The molecule has 0 saturated heterocycles. The summed E-state index contributed by atoms with van der Waals surface area (Å²) >= 11 is 0. The maximum atomic E-state index is 6.85. The fourth-order valence-electron chi connectivity index (χ4n) is 7.08. The number of hydrogen-bond donors (Lipinski definition) is 0. The molecule has 44 heavy (non-hydrogen) atoms. The van der Waals surface area contributed by atoms with Crippen LogP contribution in [0.25, 0.3) is 71.7 Å². The molecule has 0 unspecified atom stereocenters. The van der Waals surface area contributed by atoms with Gasteiger partial charge in [0, 0.05) is 33.8 Å². The van der Waals surface area contributed by atoms with Crippen LogP contribution in [0.4, 0.5) is 0 Å². The van der Waals surface area contributed by atoms with E-state index in [0.29, 0.717) is 17.9 Å². The highest BCUT2D eigenvalue weighted by atomic mass is 16.3. The number of nitrogens with zero attached hydrogens (tertiary/aromatic N) is 3. The van der Waals surface area contributed by atoms with Crippen molar-refractivity contribution in [3.63, 3.8) is 0 Å². The van der Waals surface area contributed by atoms with Gasteiger partial charge in [0.1, 0.15) is 17.0 Å². The molecule has 0 spiro atoms. The highest BCUT2D eigenvalue weighted by Crippen LogP contribution is 2.42. The molecule has 0 atom stereocenters. The summed E-state index contributed by atoms with van der Waals surface area (Å²) in [6.45, 7) is 13.6. The first-order valence-electron chi connectivity index (χ1n) is 15.8. The van der Waals surface area contributed by atoms with Gasteiger partial charge in [-0.3, -0.25) is 4.57 Å². The van der Waals surface area contributed by atoms with Crippen LogP contribution in [0.1, 0.15) is 70.5 Å². The zero-order chi connectivity index (χ0) is 30.3. The van der Waals surface area contributed by atoms with Crippen LogP contribution in [0, 0.1) is 0 Å². The topological polar surface area (TPSA) is 35.9 Å². The van der Waals surface area contributed by atoms with Crippen molar-refractivity contribution in [1.82, 2.24) is 14.1 Å². The van der Waals surface area contributed by atoms with Crippen molar-refractivity contribution in [2.75, 3.05) is 0 Å². The zero-order valence-corrected chi connectivity index (χ0v) is 26.2. The van der Waals surface area contributed by atoms with Gasteiger partial charge < -0.3 is 8.98 Å². The molecule has 0 fully saturated rings. The molecule has 5 aromatic carbocycles. The molecular formula is C40H37N3O. The second-order valence-electron chi connectivity index (χ2n) is 13.0. The van der Waals surface area contributed by atoms with E-state index in [1.54, 1.807) is 0 Å². The van der Waals surface area contributed by atoms with E-state index < -0.39 is 0 Å². The first-order chi connectivity index (χ1) is 21.3. The fraction of sp³-hybridized carbons (Fsp3) is 0.225. The first-order valence-corrected chi connectivity index (χ1v) is 15.8. The molecule has 0 radical (unpaired) electrons. The van der Waals surface area contributed by atoms with Crippen LogP contribution in [-0.2, 0) is 0 Å². The molecule has 3 heterocycles. The Balaban J connectivity index is 1.46. The Kier molecular flexibility index (Phi) is 5.99. The van der Waals surface area contributed by atoms with Crippen molar-refractivity contribution in [3.8, 4) is 17.1 Å². The van der Waals surface area contributed by atoms with E-state index in [2.05, 4.69) is 148 Å². The molecule has 0 aliphatic rings. The Morgan fingerprint density at radius 1 is 0.659 bits per heavy atom. The van der Waals surface area contributed by atoms with Crippen LogP contribution in [0.5, 0.6) is 0 Å². The average Bonchev–Trinajstić information content (AvgIpc) is 3.72. The fourth-order valence-corrected chi connectivity index (χ4v) is 7.08. The number of imidazole rings is 1. The second-order valence-corrected chi connectivity index (χ2v) is 13.0. The molecule has 218 valence electrons. The van der Waals surface area contributed by atoms with Gasteiger partial charge in [-0.15, -0.1) is 0 Å². The number of benzene rings is 5. The van der Waals surface area contributed by atoms with E-state index in [1.165, 1.54) is 38.5 Å². The SMILES string of the molecule is CC(C)c1cccc(C(C)C)c1-n1c(-c2cccc3c2oc2cc4c(ccc5ccn(C(C)C)c54)cc23)nc2ccccc21. The van der Waals surface area contributed by atoms with E-state index >= 15 is 0 Å². The van der Waals surface area contributed by atoms with Crippen LogP contribution in [0.15, 0.2) is 102 Å². The quantitative estimate of drug-likeness (QED) is 0.205. The third kappa shape index (κ3) is 3.86. The van der Waals surface area contributed by atoms with Crippen LogP contribution < -0.4 is 0 Å². The lowest BCUT2D eigenvalue weighted by atomic mass is 9.92. The first kappa shape index (κ1) is 26.8. The molecule has 0 bridgehead atoms. The molecule has 0 amide bonds. The lowest BCUT2D eigenvalue weighted by Gasteiger charge is -2.22. The van der Waals surface area contributed by atoms with Gasteiger partial charge in [0.15, 0.2) is 0 Å². The minimum absolute atomic E-state index is 0.355. The minimum Gasteiger partial charge on any atom is -0.455 e. The summed E-state index contributed by atoms with van der Waals surface area (Å²) < 4.78 is 11.6. The van der Waals surface area contributed by atoms with Gasteiger partial charge in [-0.2, -0.15) is 0 Å². The minimum atomic E-state index is 0.355. The van der Waals surface area contributed by atoms with Crippen molar-refractivity contribution in [2.45, 2.75) is 59.4 Å². The molecule has 8 rings (SSSR count). The van der Waals surface area contributed by atoms with Gasteiger partial charge in [-0.1, -0.05) is 82.3 Å². The smallest absolute Gasteiger partial charge is 0.149 e. The highest BCUT2D eigenvalue weighted by Gasteiger charge is 2.24. The summed E-state index contributed by atoms with van der Waals surface area (Å²) in [7, 11) is 0. The van der Waals surface area contributed by atoms with E-state index in [9.17, 15) is 0 Å². The largest absolute Gasteiger partial charge is 0.455 e. The van der Waals surface area contributed by atoms with Crippen molar-refractivity contribution in [2.24, 2.45) is 0 Å². The van der Waals surface area contributed by atoms with Gasteiger partial charge in [0.05, 0.1) is 27.8 Å². The van der Waals surface area contributed by atoms with Gasteiger partial charge in [0.25, 0.3) is 0 Å². The van der Waals surface area contributed by atoms with Crippen molar-refractivity contribution < 1.29 is 4.42 Å². The Hall–Kier alpha value is -4.83. The summed E-state index contributed by atoms with van der Waals surface area (Å²) in [5, 5.41) is 5.93. The number of fused-ring (bicyclic) bond motifs is 7. The molecule has 0 aliphatic heterocycles. The second kappa shape index (κ2) is 9.85. The van der Waals surface area contributed by atoms with Crippen LogP contribution in [-0.4, -0.2) is 14.1 Å². The Morgan fingerprint density at radius 3 is 2.14 bits per heavy atom. The molecule has 0 saturated carbocycles. The Labute approximate surface area is 257 Å². The maximum absolute atomic E-state index is 6.85. The number of hydrogen-bond acceptors (Lipinski definition) is 2. The Bertz CT molecular complexity index is 2350. The van der Waals surface area contributed by atoms with Gasteiger partial charge >= 0.3 is 0 Å². The standard InChI is InChI=1S/C40H37N3O/c1-23(2)28-11-9-12-29(24(3)4)38(28)43-35-16-8-7-15-34(35)41-40(43)31-14-10-13-30-33-21-27-18-17-26-19-20-42(25(5)6)37(26)32(27)22-36(33)44-39(30)31/h7-25H,1-6H3. The average molecular weight is 576 g/mol. The summed E-state index contributed by atoms with van der Waals surface area (Å²) in [5.41, 5.74) is 9.99. The number of furan rings is 1. The summed E-state index contributed by atoms with van der Waals surface area (Å²) in [4.78, 5) is 5.30. The molecule has 0 N–H and O–H groups in total. The van der Waals surface area contributed by atoms with Crippen molar-refractivity contribution in [3.05, 3.63) is 108 Å². The van der Waals surface area contributed by atoms with Crippen molar-refractivity contribution >= 4 is 54.6 Å². The summed E-state index contributed by atoms with van der Waals surface area (Å²) in [5.74, 6) is 1.62. The molecule has 3 aromatic heterocycles. The van der Waals surface area contributed by atoms with Gasteiger partial charge in [-0.25, -0.2) is 4.98 Å². The van der Waals surface area contributed by atoms with E-state index in [0.717, 1.165) is 44.4 Å². The van der Waals surface area contributed by atoms with Crippen LogP contribution in [0.2, 0.25) is 0 Å². The third-order valence-electron chi connectivity index (χ3n) is 9.24. The summed E-state index contributed by atoms with van der Waals surface area (Å²) in [6, 6.07) is 33.3. The summed E-state index contributed by atoms with van der Waals surface area (Å²) in [6.07, 6.45) is 2.20. The predicted molar refractivity (Wildman–Crippen MR) is 185 cm³/mol. The number of aromatic nitrogens is 3. The number of para-hydroxylation sites is 4. The maximum Gasteiger partial charge on any atom is 0.149 e.